The van der Waals surface area contributed by atoms with Crippen molar-refractivity contribution < 1.29 is 4.74 Å². The molecule has 21 heavy (non-hydrogen) atoms. The number of fused-ring (bicyclic) bond motifs is 1. The van der Waals surface area contributed by atoms with Gasteiger partial charge in [0.2, 0.25) is 0 Å². The minimum atomic E-state index is 0.269. The molecule has 3 rings (SSSR count). The molecule has 2 aromatic heterocycles. The summed E-state index contributed by atoms with van der Waals surface area (Å²) in [6.07, 6.45) is 3.41. The molecule has 0 amide bonds. The van der Waals surface area contributed by atoms with Gasteiger partial charge in [0.05, 0.1) is 0 Å². The van der Waals surface area contributed by atoms with Gasteiger partial charge in [0.15, 0.2) is 0 Å². The molecule has 2 heterocycles. The SMILES string of the molecule is NC(=S)c1ncccc1COc1cccc2cccnc12. The van der Waals surface area contributed by atoms with Gasteiger partial charge in [-0.3, -0.25) is 9.97 Å². The molecule has 0 saturated heterocycles. The highest BCUT2D eigenvalue weighted by Crippen LogP contribution is 2.24. The van der Waals surface area contributed by atoms with Crippen LogP contribution in [0.3, 0.4) is 0 Å². The lowest BCUT2D eigenvalue weighted by Crippen LogP contribution is -2.15. The van der Waals surface area contributed by atoms with Crippen LogP contribution in [0, 0.1) is 0 Å². The molecule has 104 valence electrons. The molecule has 0 fully saturated rings. The number of thiocarbonyl (C=S) groups is 1. The second-order valence-corrected chi connectivity index (χ2v) is 4.94. The average molecular weight is 295 g/mol. The van der Waals surface area contributed by atoms with E-state index < -0.39 is 0 Å². The van der Waals surface area contributed by atoms with Crippen molar-refractivity contribution in [2.75, 3.05) is 0 Å². The van der Waals surface area contributed by atoms with Crippen LogP contribution in [0.4, 0.5) is 0 Å². The van der Waals surface area contributed by atoms with Crippen LogP contribution in [-0.4, -0.2) is 15.0 Å². The Balaban J connectivity index is 1.89. The maximum atomic E-state index is 5.88. The summed E-state index contributed by atoms with van der Waals surface area (Å²) in [5.41, 5.74) is 7.97. The highest BCUT2D eigenvalue weighted by atomic mass is 32.1. The molecule has 0 aliphatic carbocycles. The monoisotopic (exact) mass is 295 g/mol. The fourth-order valence-electron chi connectivity index (χ4n) is 2.13. The molecule has 3 aromatic rings. The van der Waals surface area contributed by atoms with Crippen LogP contribution in [-0.2, 0) is 6.61 Å². The Bertz CT molecular complexity index is 799. The zero-order chi connectivity index (χ0) is 14.7. The maximum Gasteiger partial charge on any atom is 0.146 e. The number of hydrogen-bond donors (Lipinski definition) is 1. The molecule has 5 heteroatoms. The van der Waals surface area contributed by atoms with Crippen molar-refractivity contribution >= 4 is 28.1 Å². The summed E-state index contributed by atoms with van der Waals surface area (Å²) in [5, 5.41) is 1.04. The van der Waals surface area contributed by atoms with Crippen molar-refractivity contribution in [1.82, 2.24) is 9.97 Å². The standard InChI is InChI=1S/C16H13N3OS/c17-16(21)15-12(6-3-9-19-15)10-20-13-7-1-4-11-5-2-8-18-14(11)13/h1-9H,10H2,(H2,17,21). The minimum absolute atomic E-state index is 0.269. The molecule has 4 nitrogen and oxygen atoms in total. The van der Waals surface area contributed by atoms with E-state index in [0.717, 1.165) is 22.2 Å². The number of benzene rings is 1. The number of rotatable bonds is 4. The Hall–Kier alpha value is -2.53. The van der Waals surface area contributed by atoms with Crippen molar-refractivity contribution in [3.05, 3.63) is 66.1 Å². The van der Waals surface area contributed by atoms with Gasteiger partial charge in [-0.2, -0.15) is 0 Å². The van der Waals surface area contributed by atoms with Crippen molar-refractivity contribution in [1.29, 1.82) is 0 Å². The van der Waals surface area contributed by atoms with E-state index in [4.69, 9.17) is 22.7 Å². The summed E-state index contributed by atoms with van der Waals surface area (Å²) in [5.74, 6) is 0.728. The van der Waals surface area contributed by atoms with Crippen molar-refractivity contribution in [2.24, 2.45) is 5.73 Å². The van der Waals surface area contributed by atoms with Gasteiger partial charge in [0.1, 0.15) is 28.6 Å². The molecular formula is C16H13N3OS. The quantitative estimate of drug-likeness (QED) is 0.750. The molecule has 0 saturated carbocycles. The Labute approximate surface area is 127 Å². The zero-order valence-corrected chi connectivity index (χ0v) is 12.0. The first-order valence-electron chi connectivity index (χ1n) is 6.46. The Morgan fingerprint density at radius 2 is 1.81 bits per heavy atom. The number of para-hydroxylation sites is 1. The lowest BCUT2D eigenvalue weighted by Gasteiger charge is -2.10. The lowest BCUT2D eigenvalue weighted by atomic mass is 10.2. The van der Waals surface area contributed by atoms with Crippen LogP contribution < -0.4 is 10.5 Å². The largest absolute Gasteiger partial charge is 0.487 e. The third-order valence-corrected chi connectivity index (χ3v) is 3.30. The fourth-order valence-corrected chi connectivity index (χ4v) is 2.31. The first kappa shape index (κ1) is 13.5. The van der Waals surface area contributed by atoms with E-state index in [0.29, 0.717) is 12.3 Å². The van der Waals surface area contributed by atoms with Crippen LogP contribution in [0.2, 0.25) is 0 Å². The van der Waals surface area contributed by atoms with Crippen LogP contribution in [0.25, 0.3) is 10.9 Å². The van der Waals surface area contributed by atoms with Crippen LogP contribution in [0.1, 0.15) is 11.3 Å². The smallest absolute Gasteiger partial charge is 0.146 e. The lowest BCUT2D eigenvalue weighted by molar-refractivity contribution is 0.308. The summed E-state index contributed by atoms with van der Waals surface area (Å²) in [6.45, 7) is 0.343. The van der Waals surface area contributed by atoms with Crippen LogP contribution in [0.5, 0.6) is 5.75 Å². The molecule has 0 bridgehead atoms. The molecule has 0 spiro atoms. The highest BCUT2D eigenvalue weighted by molar-refractivity contribution is 7.80. The number of nitrogens with two attached hydrogens (primary N) is 1. The Kier molecular flexibility index (Phi) is 3.75. The number of nitrogens with zero attached hydrogens (tertiary/aromatic N) is 2. The fraction of sp³-hybridized carbons (Fsp3) is 0.0625. The minimum Gasteiger partial charge on any atom is -0.487 e. The molecule has 2 N–H and O–H groups in total. The van der Waals surface area contributed by atoms with E-state index in [1.165, 1.54) is 0 Å². The third-order valence-electron chi connectivity index (χ3n) is 3.10. The topological polar surface area (TPSA) is 61.0 Å². The van der Waals surface area contributed by atoms with E-state index in [-0.39, 0.29) is 4.99 Å². The van der Waals surface area contributed by atoms with Crippen LogP contribution >= 0.6 is 12.2 Å². The predicted molar refractivity (Wildman–Crippen MR) is 86.2 cm³/mol. The number of hydrogen-bond acceptors (Lipinski definition) is 4. The van der Waals surface area contributed by atoms with Gasteiger partial charge in [-0.15, -0.1) is 0 Å². The molecule has 0 atom stereocenters. The van der Waals surface area contributed by atoms with E-state index in [1.807, 2.05) is 42.5 Å². The molecular weight excluding hydrogens is 282 g/mol. The second-order valence-electron chi connectivity index (χ2n) is 4.50. The highest BCUT2D eigenvalue weighted by Gasteiger charge is 2.08. The van der Waals surface area contributed by atoms with Gasteiger partial charge in [-0.25, -0.2) is 0 Å². The summed E-state index contributed by atoms with van der Waals surface area (Å²) in [4.78, 5) is 8.82. The average Bonchev–Trinajstić information content (AvgIpc) is 2.53. The molecule has 0 unspecified atom stereocenters. The molecule has 1 aromatic carbocycles. The van der Waals surface area contributed by atoms with Gasteiger partial charge >= 0.3 is 0 Å². The summed E-state index contributed by atoms with van der Waals surface area (Å²) in [7, 11) is 0. The summed E-state index contributed by atoms with van der Waals surface area (Å²) >= 11 is 5.00. The van der Waals surface area contributed by atoms with E-state index >= 15 is 0 Å². The summed E-state index contributed by atoms with van der Waals surface area (Å²) in [6, 6.07) is 13.5. The molecule has 0 aliphatic heterocycles. The van der Waals surface area contributed by atoms with Crippen LogP contribution in [0.15, 0.2) is 54.9 Å². The normalized spacial score (nSPS) is 10.5. The first-order chi connectivity index (χ1) is 10.3. The van der Waals surface area contributed by atoms with Crippen molar-refractivity contribution in [2.45, 2.75) is 6.61 Å². The van der Waals surface area contributed by atoms with Gasteiger partial charge in [-0.1, -0.05) is 36.5 Å². The number of ether oxygens (including phenoxy) is 1. The van der Waals surface area contributed by atoms with Gasteiger partial charge in [0.25, 0.3) is 0 Å². The zero-order valence-electron chi connectivity index (χ0n) is 11.2. The third kappa shape index (κ3) is 2.83. The van der Waals surface area contributed by atoms with E-state index in [9.17, 15) is 0 Å². The van der Waals surface area contributed by atoms with E-state index in [1.54, 1.807) is 12.4 Å². The Morgan fingerprint density at radius 1 is 1.05 bits per heavy atom. The number of pyridine rings is 2. The first-order valence-corrected chi connectivity index (χ1v) is 6.87. The van der Waals surface area contributed by atoms with Gasteiger partial charge in [0, 0.05) is 23.3 Å². The van der Waals surface area contributed by atoms with E-state index in [2.05, 4.69) is 9.97 Å². The van der Waals surface area contributed by atoms with Gasteiger partial charge in [-0.05, 0) is 18.2 Å². The Morgan fingerprint density at radius 3 is 2.67 bits per heavy atom. The number of aromatic nitrogens is 2. The summed E-state index contributed by atoms with van der Waals surface area (Å²) < 4.78 is 5.88. The maximum absolute atomic E-state index is 5.88. The molecule has 0 aliphatic rings. The second kappa shape index (κ2) is 5.85. The van der Waals surface area contributed by atoms with Crippen molar-refractivity contribution in [3.63, 3.8) is 0 Å². The predicted octanol–water partition coefficient (Wildman–Crippen LogP) is 2.84. The van der Waals surface area contributed by atoms with Crippen molar-refractivity contribution in [3.8, 4) is 5.75 Å². The van der Waals surface area contributed by atoms with Gasteiger partial charge < -0.3 is 10.5 Å². The molecule has 0 radical (unpaired) electrons.